The first-order valence-corrected chi connectivity index (χ1v) is 10.5. The van der Waals surface area contributed by atoms with E-state index in [9.17, 15) is 9.59 Å². The van der Waals surface area contributed by atoms with Crippen LogP contribution in [0.2, 0.25) is 0 Å². The van der Waals surface area contributed by atoms with Crippen LogP contribution in [0.15, 0.2) is 23.6 Å². The van der Waals surface area contributed by atoms with Crippen LogP contribution in [0, 0.1) is 0 Å². The van der Waals surface area contributed by atoms with Gasteiger partial charge in [-0.2, -0.15) is 0 Å². The average Bonchev–Trinajstić information content (AvgIpc) is 3.19. The number of fused-ring (bicyclic) bond motifs is 3. The topological polar surface area (TPSA) is 81.6 Å². The lowest BCUT2D eigenvalue weighted by molar-refractivity contribution is 0.128. The number of ether oxygens (including phenoxy) is 2. The van der Waals surface area contributed by atoms with Crippen LogP contribution in [0.4, 0.5) is 9.59 Å². The maximum absolute atomic E-state index is 12.0. The molecule has 0 aliphatic rings. The first-order valence-electron chi connectivity index (χ1n) is 9.60. The minimum atomic E-state index is -0.477. The number of nitrogens with one attached hydrogen (secondary N) is 2. The Bertz CT molecular complexity index is 1040. The summed E-state index contributed by atoms with van der Waals surface area (Å²) in [4.78, 5) is 24.0. The number of carbonyl (C=O) groups is 2. The molecule has 2 aromatic heterocycles. The zero-order chi connectivity index (χ0) is 21.1. The summed E-state index contributed by atoms with van der Waals surface area (Å²) in [5.74, 6) is 0. The summed E-state index contributed by atoms with van der Waals surface area (Å²) in [6.07, 6.45) is -0.951. The number of hydrogen-bond acceptors (Lipinski definition) is 5. The van der Waals surface area contributed by atoms with E-state index in [0.717, 1.165) is 27.5 Å². The molecule has 0 bridgehead atoms. The molecule has 0 spiro atoms. The number of alkyl carbamates (subject to hydrolysis) is 2. The summed E-state index contributed by atoms with van der Waals surface area (Å²) in [7, 11) is 1.94. The van der Waals surface area contributed by atoms with Gasteiger partial charge in [-0.1, -0.05) is 6.07 Å². The molecule has 3 aromatic rings. The Morgan fingerprint density at radius 2 is 1.59 bits per heavy atom. The van der Waals surface area contributed by atoms with Crippen molar-refractivity contribution >= 4 is 44.5 Å². The van der Waals surface area contributed by atoms with Crippen molar-refractivity contribution in [3.05, 3.63) is 34.8 Å². The van der Waals surface area contributed by atoms with Crippen molar-refractivity contribution in [3.63, 3.8) is 0 Å². The number of amides is 2. The molecule has 0 saturated carbocycles. The predicted octanol–water partition coefficient (Wildman–Crippen LogP) is 4.66. The van der Waals surface area contributed by atoms with Crippen molar-refractivity contribution in [2.45, 2.75) is 53.0 Å². The van der Waals surface area contributed by atoms with E-state index < -0.39 is 12.2 Å². The number of nitrogens with zero attached hydrogens (tertiary/aromatic N) is 1. The van der Waals surface area contributed by atoms with Crippen molar-refractivity contribution in [1.82, 2.24) is 15.2 Å². The molecule has 7 nitrogen and oxygen atoms in total. The lowest BCUT2D eigenvalue weighted by Gasteiger charge is -2.13. The summed E-state index contributed by atoms with van der Waals surface area (Å²) in [6, 6.07) is 6.15. The van der Waals surface area contributed by atoms with Gasteiger partial charge >= 0.3 is 12.2 Å². The van der Waals surface area contributed by atoms with Crippen molar-refractivity contribution < 1.29 is 19.1 Å². The summed E-state index contributed by atoms with van der Waals surface area (Å²) < 4.78 is 14.1. The SMILES string of the molecule is CC(C)NC(=O)OCc1c(COC(=O)NC(C)C)n(C)c2c1ccc1sccc12. The van der Waals surface area contributed by atoms with Gasteiger partial charge in [0.25, 0.3) is 0 Å². The van der Waals surface area contributed by atoms with Crippen molar-refractivity contribution in [2.75, 3.05) is 0 Å². The smallest absolute Gasteiger partial charge is 0.407 e. The summed E-state index contributed by atoms with van der Waals surface area (Å²) in [5, 5.41) is 9.60. The zero-order valence-corrected chi connectivity index (χ0v) is 18.2. The van der Waals surface area contributed by atoms with Crippen molar-refractivity contribution in [3.8, 4) is 0 Å². The van der Waals surface area contributed by atoms with E-state index in [0.29, 0.717) is 0 Å². The fourth-order valence-electron chi connectivity index (χ4n) is 3.30. The number of rotatable bonds is 6. The molecule has 0 radical (unpaired) electrons. The van der Waals surface area contributed by atoms with Gasteiger partial charge in [0.1, 0.15) is 13.2 Å². The second-order valence-corrected chi connectivity index (χ2v) is 8.48. The van der Waals surface area contributed by atoms with E-state index >= 15 is 0 Å². The molecular weight excluding hydrogens is 390 g/mol. The molecule has 0 unspecified atom stereocenters. The molecule has 29 heavy (non-hydrogen) atoms. The molecular formula is C21H27N3O4S. The van der Waals surface area contributed by atoms with Gasteiger partial charge in [-0.3, -0.25) is 0 Å². The normalized spacial score (nSPS) is 11.4. The minimum absolute atomic E-state index is 0.0111. The second kappa shape index (κ2) is 8.73. The first kappa shape index (κ1) is 21.0. The van der Waals surface area contributed by atoms with Crippen LogP contribution in [0.1, 0.15) is 39.0 Å². The van der Waals surface area contributed by atoms with Crippen LogP contribution in [-0.2, 0) is 29.7 Å². The lowest BCUT2D eigenvalue weighted by atomic mass is 10.1. The third-order valence-corrected chi connectivity index (χ3v) is 5.40. The van der Waals surface area contributed by atoms with Gasteiger partial charge in [0.05, 0.1) is 11.2 Å². The molecule has 0 atom stereocenters. The monoisotopic (exact) mass is 417 g/mol. The van der Waals surface area contributed by atoms with Gasteiger partial charge in [0.15, 0.2) is 0 Å². The Morgan fingerprint density at radius 1 is 0.966 bits per heavy atom. The van der Waals surface area contributed by atoms with E-state index in [1.165, 1.54) is 4.70 Å². The first-order chi connectivity index (χ1) is 13.8. The van der Waals surface area contributed by atoms with Crippen molar-refractivity contribution in [1.29, 1.82) is 0 Å². The molecule has 0 aliphatic carbocycles. The van der Waals surface area contributed by atoms with Gasteiger partial charge < -0.3 is 24.7 Å². The highest BCUT2D eigenvalue weighted by Crippen LogP contribution is 2.34. The number of aryl methyl sites for hydroxylation is 1. The highest BCUT2D eigenvalue weighted by Gasteiger charge is 2.20. The van der Waals surface area contributed by atoms with Crippen molar-refractivity contribution in [2.24, 2.45) is 7.05 Å². The molecule has 2 heterocycles. The van der Waals surface area contributed by atoms with Crippen LogP contribution >= 0.6 is 11.3 Å². The lowest BCUT2D eigenvalue weighted by Crippen LogP contribution is -2.31. The van der Waals surface area contributed by atoms with Crippen LogP contribution in [0.5, 0.6) is 0 Å². The Hall–Kier alpha value is -2.74. The average molecular weight is 418 g/mol. The quantitative estimate of drug-likeness (QED) is 0.611. The van der Waals surface area contributed by atoms with Crippen LogP contribution < -0.4 is 10.6 Å². The van der Waals surface area contributed by atoms with Gasteiger partial charge in [0, 0.05) is 40.2 Å². The summed E-state index contributed by atoms with van der Waals surface area (Å²) in [6.45, 7) is 7.67. The molecule has 0 saturated heterocycles. The highest BCUT2D eigenvalue weighted by atomic mass is 32.1. The van der Waals surface area contributed by atoms with Gasteiger partial charge in [-0.15, -0.1) is 11.3 Å². The molecule has 3 rings (SSSR count). The third kappa shape index (κ3) is 4.64. The van der Waals surface area contributed by atoms with E-state index in [1.807, 2.05) is 45.4 Å². The largest absolute Gasteiger partial charge is 0.445 e. The van der Waals surface area contributed by atoms with Crippen LogP contribution in [0.3, 0.4) is 0 Å². The second-order valence-electron chi connectivity index (χ2n) is 7.53. The Morgan fingerprint density at radius 3 is 2.21 bits per heavy atom. The third-order valence-electron chi connectivity index (χ3n) is 4.52. The fraction of sp³-hybridized carbons (Fsp3) is 0.429. The Balaban J connectivity index is 1.96. The van der Waals surface area contributed by atoms with Crippen LogP contribution in [-0.4, -0.2) is 28.8 Å². The number of aromatic nitrogens is 1. The summed E-state index contributed by atoms with van der Waals surface area (Å²) in [5.41, 5.74) is 2.68. The molecule has 0 fully saturated rings. The summed E-state index contributed by atoms with van der Waals surface area (Å²) >= 11 is 1.67. The molecule has 2 amide bonds. The number of thiophene rings is 1. The van der Waals surface area contributed by atoms with Gasteiger partial charge in [0.2, 0.25) is 0 Å². The van der Waals surface area contributed by atoms with Crippen LogP contribution in [0.25, 0.3) is 21.0 Å². The molecule has 0 aliphatic heterocycles. The Kier molecular flexibility index (Phi) is 6.32. The highest BCUT2D eigenvalue weighted by molar-refractivity contribution is 7.17. The zero-order valence-electron chi connectivity index (χ0n) is 17.4. The molecule has 2 N–H and O–H groups in total. The van der Waals surface area contributed by atoms with Gasteiger partial charge in [-0.25, -0.2) is 9.59 Å². The van der Waals surface area contributed by atoms with E-state index in [-0.39, 0.29) is 25.3 Å². The maximum Gasteiger partial charge on any atom is 0.407 e. The van der Waals surface area contributed by atoms with E-state index in [1.54, 1.807) is 11.3 Å². The molecule has 156 valence electrons. The van der Waals surface area contributed by atoms with Gasteiger partial charge in [-0.05, 0) is 45.2 Å². The standard InChI is InChI=1S/C21H27N3O4S/c1-12(2)22-20(25)27-10-16-14-6-7-18-15(8-9-29-18)19(14)24(5)17(16)11-28-21(26)23-13(3)4/h6-9,12-13H,10-11H2,1-5H3,(H,22,25)(H,23,26). The molecule has 8 heteroatoms. The van der Waals surface area contributed by atoms with E-state index in [2.05, 4.69) is 28.1 Å². The minimum Gasteiger partial charge on any atom is -0.445 e. The number of benzene rings is 1. The predicted molar refractivity (Wildman–Crippen MR) is 115 cm³/mol. The fourth-order valence-corrected chi connectivity index (χ4v) is 4.09. The van der Waals surface area contributed by atoms with E-state index in [4.69, 9.17) is 9.47 Å². The number of hydrogen-bond donors (Lipinski definition) is 2. The maximum atomic E-state index is 12.0. The number of carbonyl (C=O) groups excluding carboxylic acids is 2. The Labute approximate surface area is 174 Å². The molecule has 1 aromatic carbocycles.